The van der Waals surface area contributed by atoms with Crippen LogP contribution < -0.4 is 5.32 Å². The molecule has 5 nitrogen and oxygen atoms in total. The smallest absolute Gasteiger partial charge is 0.274 e. The number of nitrogens with one attached hydrogen (secondary N) is 1. The Morgan fingerprint density at radius 2 is 1.89 bits per heavy atom. The molecule has 2 bridgehead atoms. The largest absolute Gasteiger partial charge is 0.330 e. The first-order chi connectivity index (χ1) is 13.3. The lowest BCUT2D eigenvalue weighted by Crippen LogP contribution is -2.42. The topological polar surface area (TPSA) is 50.2 Å². The molecular weight excluding hydrogens is 392 g/mol. The van der Waals surface area contributed by atoms with Gasteiger partial charge in [0.1, 0.15) is 0 Å². The van der Waals surface area contributed by atoms with Gasteiger partial charge in [-0.15, -0.1) is 23.7 Å². The number of nitrogens with zero attached hydrogens (tertiary/aromatic N) is 3. The van der Waals surface area contributed by atoms with Crippen LogP contribution >= 0.6 is 23.7 Å². The van der Waals surface area contributed by atoms with E-state index in [2.05, 4.69) is 21.7 Å². The number of amides is 1. The van der Waals surface area contributed by atoms with Crippen LogP contribution in [0, 0.1) is 0 Å². The monoisotopic (exact) mass is 414 g/mol. The minimum Gasteiger partial charge on any atom is -0.330 e. The molecule has 5 rings (SSSR count). The molecule has 3 aromatic rings. The van der Waals surface area contributed by atoms with Gasteiger partial charge in [-0.2, -0.15) is 5.10 Å². The highest BCUT2D eigenvalue weighted by Gasteiger charge is 2.39. The van der Waals surface area contributed by atoms with Crippen LogP contribution in [-0.2, 0) is 0 Å². The number of para-hydroxylation sites is 1. The Bertz CT molecular complexity index is 927. The van der Waals surface area contributed by atoms with Crippen molar-refractivity contribution in [2.24, 2.45) is 0 Å². The van der Waals surface area contributed by atoms with Crippen LogP contribution in [0.25, 0.3) is 16.3 Å². The number of carbonyl (C=O) groups excluding carboxylic acids is 1. The number of carbonyl (C=O) groups is 1. The van der Waals surface area contributed by atoms with Crippen molar-refractivity contribution in [3.8, 4) is 16.3 Å². The third-order valence-electron chi connectivity index (χ3n) is 5.59. The number of hydrogen-bond acceptors (Lipinski definition) is 4. The molecule has 146 valence electrons. The zero-order chi connectivity index (χ0) is 18.2. The lowest BCUT2D eigenvalue weighted by atomic mass is 10.1. The number of hydrogen-bond donors (Lipinski definition) is 1. The Morgan fingerprint density at radius 3 is 2.68 bits per heavy atom. The van der Waals surface area contributed by atoms with E-state index in [1.54, 1.807) is 11.3 Å². The summed E-state index contributed by atoms with van der Waals surface area (Å²) in [6.45, 7) is 1.88. The molecule has 2 aliphatic heterocycles. The standard InChI is InChI=1S/C21H22N4OS.ClH/c26-21(24-15-8-9-17(24)14-22-11-10-15)18-13-19(20-7-4-12-27-20)25(23-18)16-5-2-1-3-6-16;/h1-7,12-13,15,17,22H,8-11,14H2;1H. The summed E-state index contributed by atoms with van der Waals surface area (Å²) in [6.07, 6.45) is 3.22. The van der Waals surface area contributed by atoms with Crippen LogP contribution in [0.4, 0.5) is 0 Å². The maximum atomic E-state index is 13.4. The normalized spacial score (nSPS) is 21.2. The predicted octanol–water partition coefficient (Wildman–Crippen LogP) is 3.99. The second-order valence-electron chi connectivity index (χ2n) is 7.23. The van der Waals surface area contributed by atoms with E-state index in [4.69, 9.17) is 5.10 Å². The minimum absolute atomic E-state index is 0. The Morgan fingerprint density at radius 1 is 1.07 bits per heavy atom. The average molecular weight is 415 g/mol. The van der Waals surface area contributed by atoms with E-state index in [0.29, 0.717) is 11.7 Å². The quantitative estimate of drug-likeness (QED) is 0.705. The van der Waals surface area contributed by atoms with E-state index in [0.717, 1.165) is 48.6 Å². The van der Waals surface area contributed by atoms with Crippen LogP contribution in [0.3, 0.4) is 0 Å². The third-order valence-corrected chi connectivity index (χ3v) is 6.48. The average Bonchev–Trinajstić information content (AvgIpc) is 3.39. The SMILES string of the molecule is Cl.O=C(c1cc(-c2cccs2)n(-c2ccccc2)n1)N1C2CCNCC1CC2. The molecule has 28 heavy (non-hydrogen) atoms. The summed E-state index contributed by atoms with van der Waals surface area (Å²) in [6, 6.07) is 16.7. The van der Waals surface area contributed by atoms with E-state index in [1.807, 2.05) is 47.1 Å². The summed E-state index contributed by atoms with van der Waals surface area (Å²) in [5.74, 6) is 0.0682. The van der Waals surface area contributed by atoms with Crippen molar-refractivity contribution in [1.82, 2.24) is 20.0 Å². The van der Waals surface area contributed by atoms with Gasteiger partial charge in [-0.3, -0.25) is 4.79 Å². The molecule has 1 N–H and O–H groups in total. The fourth-order valence-electron chi connectivity index (χ4n) is 4.30. The fraction of sp³-hybridized carbons (Fsp3) is 0.333. The highest BCUT2D eigenvalue weighted by molar-refractivity contribution is 7.13. The van der Waals surface area contributed by atoms with E-state index >= 15 is 0 Å². The summed E-state index contributed by atoms with van der Waals surface area (Å²) in [4.78, 5) is 16.6. The van der Waals surface area contributed by atoms with Gasteiger partial charge in [0, 0.05) is 18.6 Å². The molecule has 0 saturated carbocycles. The molecule has 0 spiro atoms. The maximum Gasteiger partial charge on any atom is 0.274 e. The van der Waals surface area contributed by atoms with Crippen molar-refractivity contribution in [1.29, 1.82) is 0 Å². The number of benzene rings is 1. The predicted molar refractivity (Wildman–Crippen MR) is 115 cm³/mol. The van der Waals surface area contributed by atoms with Gasteiger partial charge in [-0.25, -0.2) is 4.68 Å². The molecule has 1 amide bonds. The van der Waals surface area contributed by atoms with Crippen molar-refractivity contribution in [3.05, 3.63) is 59.6 Å². The maximum absolute atomic E-state index is 13.4. The zero-order valence-electron chi connectivity index (χ0n) is 15.5. The second-order valence-corrected chi connectivity index (χ2v) is 8.18. The molecule has 2 aromatic heterocycles. The molecule has 2 aliphatic rings. The molecule has 2 unspecified atom stereocenters. The molecule has 4 heterocycles. The van der Waals surface area contributed by atoms with E-state index < -0.39 is 0 Å². The highest BCUT2D eigenvalue weighted by atomic mass is 35.5. The summed E-state index contributed by atoms with van der Waals surface area (Å²) in [5.41, 5.74) is 2.49. The molecule has 1 aromatic carbocycles. The van der Waals surface area contributed by atoms with Gasteiger partial charge < -0.3 is 10.2 Å². The first-order valence-corrected chi connectivity index (χ1v) is 10.4. The van der Waals surface area contributed by atoms with Gasteiger partial charge in [-0.05, 0) is 55.5 Å². The van der Waals surface area contributed by atoms with Gasteiger partial charge >= 0.3 is 0 Å². The Labute approximate surface area is 174 Å². The van der Waals surface area contributed by atoms with Crippen molar-refractivity contribution in [2.75, 3.05) is 13.1 Å². The zero-order valence-corrected chi connectivity index (χ0v) is 17.1. The van der Waals surface area contributed by atoms with Crippen molar-refractivity contribution in [3.63, 3.8) is 0 Å². The first kappa shape index (κ1) is 19.2. The number of rotatable bonds is 3. The van der Waals surface area contributed by atoms with Crippen LogP contribution in [0.15, 0.2) is 53.9 Å². The van der Waals surface area contributed by atoms with E-state index in [-0.39, 0.29) is 24.4 Å². The highest BCUT2D eigenvalue weighted by Crippen LogP contribution is 2.32. The summed E-state index contributed by atoms with van der Waals surface area (Å²) >= 11 is 1.67. The Kier molecular flexibility index (Phi) is 5.53. The number of halogens is 1. The Hall–Kier alpha value is -2.15. The van der Waals surface area contributed by atoms with Gasteiger partial charge in [0.2, 0.25) is 0 Å². The first-order valence-electron chi connectivity index (χ1n) is 9.54. The molecule has 2 saturated heterocycles. The van der Waals surface area contributed by atoms with Crippen LogP contribution in [-0.4, -0.2) is 45.8 Å². The van der Waals surface area contributed by atoms with Crippen molar-refractivity contribution >= 4 is 29.7 Å². The molecule has 0 aliphatic carbocycles. The second kappa shape index (κ2) is 8.07. The number of thiophene rings is 1. The van der Waals surface area contributed by atoms with Gasteiger partial charge in [-0.1, -0.05) is 24.3 Å². The summed E-state index contributed by atoms with van der Waals surface area (Å²) in [7, 11) is 0. The molecular formula is C21H23ClN4OS. The van der Waals surface area contributed by atoms with E-state index in [1.165, 1.54) is 0 Å². The number of fused-ring (bicyclic) bond motifs is 2. The van der Waals surface area contributed by atoms with Crippen LogP contribution in [0.1, 0.15) is 29.8 Å². The van der Waals surface area contributed by atoms with Gasteiger partial charge in [0.25, 0.3) is 5.91 Å². The van der Waals surface area contributed by atoms with Crippen molar-refractivity contribution < 1.29 is 4.79 Å². The van der Waals surface area contributed by atoms with Gasteiger partial charge in [0.15, 0.2) is 5.69 Å². The van der Waals surface area contributed by atoms with Crippen LogP contribution in [0.5, 0.6) is 0 Å². The molecule has 0 radical (unpaired) electrons. The Balaban J connectivity index is 0.00000192. The fourth-order valence-corrected chi connectivity index (χ4v) is 5.02. The lowest BCUT2D eigenvalue weighted by molar-refractivity contribution is 0.0673. The van der Waals surface area contributed by atoms with Gasteiger partial charge in [0.05, 0.1) is 16.3 Å². The lowest BCUT2D eigenvalue weighted by Gasteiger charge is -2.27. The third kappa shape index (κ3) is 3.36. The summed E-state index contributed by atoms with van der Waals surface area (Å²) < 4.78 is 1.90. The number of aromatic nitrogens is 2. The van der Waals surface area contributed by atoms with Crippen LogP contribution in [0.2, 0.25) is 0 Å². The molecule has 2 atom stereocenters. The minimum atomic E-state index is 0. The summed E-state index contributed by atoms with van der Waals surface area (Å²) in [5, 5.41) is 10.3. The molecule has 7 heteroatoms. The van der Waals surface area contributed by atoms with Crippen molar-refractivity contribution in [2.45, 2.75) is 31.3 Å². The molecule has 2 fully saturated rings. The van der Waals surface area contributed by atoms with E-state index in [9.17, 15) is 4.79 Å².